The third-order valence-corrected chi connectivity index (χ3v) is 3.04. The summed E-state index contributed by atoms with van der Waals surface area (Å²) in [6, 6.07) is 0.0119. The van der Waals surface area contributed by atoms with E-state index in [0.29, 0.717) is 25.6 Å². The van der Waals surface area contributed by atoms with Crippen molar-refractivity contribution in [1.29, 1.82) is 0 Å². The Balaban J connectivity index is 1.98. The Kier molecular flexibility index (Phi) is 6.83. The Morgan fingerprint density at radius 2 is 1.90 bits per heavy atom. The van der Waals surface area contributed by atoms with Crippen molar-refractivity contribution in [2.75, 3.05) is 13.1 Å². The van der Waals surface area contributed by atoms with Crippen LogP contribution in [0.2, 0.25) is 0 Å². The Bertz CT molecular complexity index is 356. The highest BCUT2D eigenvalue weighted by molar-refractivity contribution is 5.78. The quantitative estimate of drug-likeness (QED) is 0.493. The number of carbonyl (C=O) groups is 3. The zero-order chi connectivity index (χ0) is 15.0. The van der Waals surface area contributed by atoms with Crippen molar-refractivity contribution in [3.63, 3.8) is 0 Å². The SMILES string of the molecule is CC(CCC(=O)O)CNC(=O)NCCC(=O)NC1CC1. The standard InChI is InChI=1S/C13H23N3O4/c1-9(2-5-12(18)19)8-15-13(20)14-7-6-11(17)16-10-3-4-10/h9-10H,2-8H2,1H3,(H,16,17)(H,18,19)(H2,14,15,20). The van der Waals surface area contributed by atoms with E-state index in [4.69, 9.17) is 5.11 Å². The van der Waals surface area contributed by atoms with Crippen molar-refractivity contribution in [3.05, 3.63) is 0 Å². The fourth-order valence-corrected chi connectivity index (χ4v) is 1.62. The van der Waals surface area contributed by atoms with Gasteiger partial charge in [0.1, 0.15) is 0 Å². The highest BCUT2D eigenvalue weighted by Gasteiger charge is 2.22. The van der Waals surface area contributed by atoms with Crippen LogP contribution in [0.15, 0.2) is 0 Å². The van der Waals surface area contributed by atoms with E-state index >= 15 is 0 Å². The van der Waals surface area contributed by atoms with E-state index in [9.17, 15) is 14.4 Å². The van der Waals surface area contributed by atoms with Gasteiger partial charge >= 0.3 is 12.0 Å². The number of hydrogen-bond donors (Lipinski definition) is 4. The number of carboxylic acids is 1. The molecule has 0 aliphatic heterocycles. The number of aliphatic carboxylic acids is 1. The number of urea groups is 1. The summed E-state index contributed by atoms with van der Waals surface area (Å²) in [6.07, 6.45) is 3.01. The minimum absolute atomic E-state index is 0.0392. The molecule has 0 spiro atoms. The van der Waals surface area contributed by atoms with Crippen molar-refractivity contribution >= 4 is 17.9 Å². The van der Waals surface area contributed by atoms with Crippen LogP contribution in [0.25, 0.3) is 0 Å². The second-order valence-corrected chi connectivity index (χ2v) is 5.27. The van der Waals surface area contributed by atoms with Gasteiger partial charge in [-0.05, 0) is 25.2 Å². The van der Waals surface area contributed by atoms with Crippen LogP contribution in [0, 0.1) is 5.92 Å². The van der Waals surface area contributed by atoms with Crippen LogP contribution in [0.4, 0.5) is 4.79 Å². The average Bonchev–Trinajstić information content (AvgIpc) is 3.17. The van der Waals surface area contributed by atoms with Gasteiger partial charge in [0.25, 0.3) is 0 Å². The molecule has 20 heavy (non-hydrogen) atoms. The van der Waals surface area contributed by atoms with E-state index in [1.54, 1.807) is 0 Å². The van der Waals surface area contributed by atoms with Crippen LogP contribution in [0.3, 0.4) is 0 Å². The van der Waals surface area contributed by atoms with E-state index in [1.807, 2.05) is 6.92 Å². The molecule has 1 aliphatic rings. The molecule has 1 fully saturated rings. The van der Waals surface area contributed by atoms with Crippen molar-refractivity contribution in [3.8, 4) is 0 Å². The fourth-order valence-electron chi connectivity index (χ4n) is 1.62. The molecule has 0 aromatic carbocycles. The van der Waals surface area contributed by atoms with E-state index in [2.05, 4.69) is 16.0 Å². The molecule has 1 unspecified atom stereocenters. The molecule has 1 atom stereocenters. The maximum atomic E-state index is 11.4. The van der Waals surface area contributed by atoms with Gasteiger partial charge in [0.2, 0.25) is 5.91 Å². The predicted molar refractivity (Wildman–Crippen MR) is 73.2 cm³/mol. The summed E-state index contributed by atoms with van der Waals surface area (Å²) in [5.41, 5.74) is 0. The lowest BCUT2D eigenvalue weighted by atomic mass is 10.1. The lowest BCUT2D eigenvalue weighted by Crippen LogP contribution is -2.39. The largest absolute Gasteiger partial charge is 0.481 e. The molecule has 114 valence electrons. The first-order valence-corrected chi connectivity index (χ1v) is 7.00. The summed E-state index contributed by atoms with van der Waals surface area (Å²) in [6.45, 7) is 2.60. The summed E-state index contributed by atoms with van der Waals surface area (Å²) in [4.78, 5) is 33.2. The lowest BCUT2D eigenvalue weighted by Gasteiger charge is -2.12. The van der Waals surface area contributed by atoms with E-state index in [0.717, 1.165) is 12.8 Å². The van der Waals surface area contributed by atoms with Gasteiger partial charge in [-0.25, -0.2) is 4.79 Å². The zero-order valence-electron chi connectivity index (χ0n) is 11.8. The first-order chi connectivity index (χ1) is 9.47. The topological polar surface area (TPSA) is 108 Å². The third-order valence-electron chi connectivity index (χ3n) is 3.04. The smallest absolute Gasteiger partial charge is 0.314 e. The molecule has 7 heteroatoms. The maximum absolute atomic E-state index is 11.4. The first kappa shape index (κ1) is 16.3. The molecule has 0 aromatic rings. The van der Waals surface area contributed by atoms with Gasteiger partial charge in [-0.1, -0.05) is 6.92 Å². The number of rotatable bonds is 9. The molecule has 4 N–H and O–H groups in total. The van der Waals surface area contributed by atoms with Crippen molar-refractivity contribution in [1.82, 2.24) is 16.0 Å². The summed E-state index contributed by atoms with van der Waals surface area (Å²) < 4.78 is 0. The highest BCUT2D eigenvalue weighted by Crippen LogP contribution is 2.18. The second kappa shape index (κ2) is 8.39. The average molecular weight is 285 g/mol. The molecule has 0 heterocycles. The minimum Gasteiger partial charge on any atom is -0.481 e. The molecule has 0 bridgehead atoms. The molecule has 1 rings (SSSR count). The molecule has 0 radical (unpaired) electrons. The van der Waals surface area contributed by atoms with Gasteiger partial charge in [0.05, 0.1) is 0 Å². The summed E-state index contributed by atoms with van der Waals surface area (Å²) >= 11 is 0. The third kappa shape index (κ3) is 8.34. The number of carboxylic acid groups (broad SMARTS) is 1. The highest BCUT2D eigenvalue weighted by atomic mass is 16.4. The number of nitrogens with one attached hydrogen (secondary N) is 3. The second-order valence-electron chi connectivity index (χ2n) is 5.27. The Hall–Kier alpha value is -1.79. The number of carbonyl (C=O) groups excluding carboxylic acids is 2. The molecule has 0 aromatic heterocycles. The fraction of sp³-hybridized carbons (Fsp3) is 0.769. The number of amides is 3. The van der Waals surface area contributed by atoms with Gasteiger partial charge < -0.3 is 21.1 Å². The molecular formula is C13H23N3O4. The van der Waals surface area contributed by atoms with E-state index in [-0.39, 0.29) is 30.7 Å². The zero-order valence-corrected chi connectivity index (χ0v) is 11.8. The van der Waals surface area contributed by atoms with Crippen LogP contribution < -0.4 is 16.0 Å². The molecule has 1 aliphatic carbocycles. The van der Waals surface area contributed by atoms with Gasteiger partial charge in [0, 0.05) is 32.0 Å². The van der Waals surface area contributed by atoms with E-state index in [1.165, 1.54) is 0 Å². The summed E-state index contributed by atoms with van der Waals surface area (Å²) in [5, 5.41) is 16.6. The molecular weight excluding hydrogens is 262 g/mol. The Morgan fingerprint density at radius 1 is 1.20 bits per heavy atom. The monoisotopic (exact) mass is 285 g/mol. The molecule has 0 saturated heterocycles. The first-order valence-electron chi connectivity index (χ1n) is 7.00. The van der Waals surface area contributed by atoms with Gasteiger partial charge in [-0.2, -0.15) is 0 Å². The lowest BCUT2D eigenvalue weighted by molar-refractivity contribution is -0.137. The molecule has 3 amide bonds. The van der Waals surface area contributed by atoms with E-state index < -0.39 is 5.97 Å². The van der Waals surface area contributed by atoms with Gasteiger partial charge in [-0.15, -0.1) is 0 Å². The normalized spacial score (nSPS) is 15.2. The molecule has 7 nitrogen and oxygen atoms in total. The summed E-state index contributed by atoms with van der Waals surface area (Å²) in [7, 11) is 0. The van der Waals surface area contributed by atoms with Gasteiger partial charge in [-0.3, -0.25) is 9.59 Å². The van der Waals surface area contributed by atoms with Crippen molar-refractivity contribution in [2.45, 2.75) is 45.1 Å². The predicted octanol–water partition coefficient (Wildman–Crippen LogP) is 0.455. The summed E-state index contributed by atoms with van der Waals surface area (Å²) in [5.74, 6) is -0.763. The van der Waals surface area contributed by atoms with Crippen molar-refractivity contribution < 1.29 is 19.5 Å². The van der Waals surface area contributed by atoms with Crippen molar-refractivity contribution in [2.24, 2.45) is 5.92 Å². The van der Waals surface area contributed by atoms with Crippen LogP contribution in [-0.4, -0.2) is 42.1 Å². The minimum atomic E-state index is -0.831. The van der Waals surface area contributed by atoms with Crippen LogP contribution in [-0.2, 0) is 9.59 Å². The van der Waals surface area contributed by atoms with Crippen LogP contribution >= 0.6 is 0 Å². The van der Waals surface area contributed by atoms with Gasteiger partial charge in [0.15, 0.2) is 0 Å². The van der Waals surface area contributed by atoms with Crippen LogP contribution in [0.5, 0.6) is 0 Å². The van der Waals surface area contributed by atoms with Crippen LogP contribution in [0.1, 0.15) is 39.0 Å². The maximum Gasteiger partial charge on any atom is 0.314 e. The Labute approximate surface area is 118 Å². The molecule has 1 saturated carbocycles. The Morgan fingerprint density at radius 3 is 2.50 bits per heavy atom. The number of hydrogen-bond acceptors (Lipinski definition) is 3.